The fourth-order valence-electron chi connectivity index (χ4n) is 2.78. The maximum absolute atomic E-state index is 12.7. The average molecular weight is 362 g/mol. The number of carbonyl (C=O) groups is 1. The quantitative estimate of drug-likeness (QED) is 0.564. The number of nitrogens with two attached hydrogens (primary N) is 1. The summed E-state index contributed by atoms with van der Waals surface area (Å²) in [5, 5.41) is 6.92. The Hall–Kier alpha value is -3.52. The molecule has 3 aromatic heterocycles. The molecule has 136 valence electrons. The van der Waals surface area contributed by atoms with Gasteiger partial charge in [-0.3, -0.25) is 9.20 Å². The minimum atomic E-state index is -0.245. The summed E-state index contributed by atoms with van der Waals surface area (Å²) in [6.45, 7) is 2.36. The molecule has 0 fully saturated rings. The molecular weight excluding hydrogens is 344 g/mol. The highest BCUT2D eigenvalue weighted by atomic mass is 16.5. The van der Waals surface area contributed by atoms with E-state index in [1.807, 2.05) is 43.3 Å². The van der Waals surface area contributed by atoms with E-state index in [1.54, 1.807) is 16.8 Å². The van der Waals surface area contributed by atoms with Gasteiger partial charge in [-0.05, 0) is 30.7 Å². The van der Waals surface area contributed by atoms with Crippen molar-refractivity contribution >= 4 is 17.2 Å². The number of rotatable bonds is 5. The van der Waals surface area contributed by atoms with E-state index >= 15 is 0 Å². The fraction of sp³-hybridized carbons (Fsp3) is 0.158. The third kappa shape index (κ3) is 3.30. The zero-order valence-electron chi connectivity index (χ0n) is 14.7. The van der Waals surface area contributed by atoms with Gasteiger partial charge in [0.2, 0.25) is 11.7 Å². The molecule has 0 saturated heterocycles. The monoisotopic (exact) mass is 362 g/mol. The molecule has 0 aliphatic carbocycles. The van der Waals surface area contributed by atoms with Gasteiger partial charge in [-0.1, -0.05) is 23.4 Å². The van der Waals surface area contributed by atoms with Gasteiger partial charge in [0.1, 0.15) is 11.3 Å². The van der Waals surface area contributed by atoms with E-state index in [-0.39, 0.29) is 5.91 Å². The summed E-state index contributed by atoms with van der Waals surface area (Å²) in [7, 11) is 0. The van der Waals surface area contributed by atoms with E-state index in [4.69, 9.17) is 10.3 Å². The van der Waals surface area contributed by atoms with Crippen molar-refractivity contribution in [3.63, 3.8) is 0 Å². The zero-order valence-corrected chi connectivity index (χ0v) is 14.7. The molecule has 4 aromatic rings. The van der Waals surface area contributed by atoms with Crippen molar-refractivity contribution in [1.82, 2.24) is 19.5 Å². The van der Waals surface area contributed by atoms with Crippen LogP contribution >= 0.6 is 0 Å². The Morgan fingerprint density at radius 1 is 1.30 bits per heavy atom. The third-order valence-corrected chi connectivity index (χ3v) is 4.22. The summed E-state index contributed by atoms with van der Waals surface area (Å²) in [5.74, 6) is 0.707. The first-order valence-corrected chi connectivity index (χ1v) is 8.53. The van der Waals surface area contributed by atoms with Crippen LogP contribution in [0.3, 0.4) is 0 Å². The van der Waals surface area contributed by atoms with Crippen LogP contribution in [0.25, 0.3) is 17.0 Å². The molecule has 0 radical (unpaired) electrons. The van der Waals surface area contributed by atoms with Gasteiger partial charge in [0.15, 0.2) is 0 Å². The lowest BCUT2D eigenvalue weighted by molar-refractivity contribution is 0.102. The molecule has 0 unspecified atom stereocenters. The molecular formula is C19H18N6O2. The molecule has 3 N–H and O–H groups in total. The Kier molecular flexibility index (Phi) is 4.39. The first-order chi connectivity index (χ1) is 13.2. The van der Waals surface area contributed by atoms with Crippen molar-refractivity contribution in [2.24, 2.45) is 5.73 Å². The molecule has 3 heterocycles. The predicted octanol–water partition coefficient (Wildman–Crippen LogP) is 2.45. The summed E-state index contributed by atoms with van der Waals surface area (Å²) in [5.41, 5.74) is 9.03. The topological polar surface area (TPSA) is 111 Å². The van der Waals surface area contributed by atoms with E-state index in [0.29, 0.717) is 41.7 Å². The summed E-state index contributed by atoms with van der Waals surface area (Å²) in [6.07, 6.45) is 3.89. The van der Waals surface area contributed by atoms with Crippen LogP contribution in [0.4, 0.5) is 5.69 Å². The fourth-order valence-corrected chi connectivity index (χ4v) is 2.78. The number of anilines is 1. The number of pyridine rings is 1. The summed E-state index contributed by atoms with van der Waals surface area (Å²) < 4.78 is 6.92. The van der Waals surface area contributed by atoms with Crippen molar-refractivity contribution < 1.29 is 9.32 Å². The van der Waals surface area contributed by atoms with E-state index in [1.165, 1.54) is 0 Å². The SMILES string of the molecule is Cc1ccc(-c2noc(CCN)n2)cc1NC(=O)c1cnc2ccccn12. The van der Waals surface area contributed by atoms with Gasteiger partial charge < -0.3 is 15.6 Å². The van der Waals surface area contributed by atoms with Crippen molar-refractivity contribution in [3.8, 4) is 11.4 Å². The number of imidazole rings is 1. The van der Waals surface area contributed by atoms with Crippen molar-refractivity contribution in [2.45, 2.75) is 13.3 Å². The lowest BCUT2D eigenvalue weighted by Crippen LogP contribution is -2.15. The number of carbonyl (C=O) groups excluding carboxylic acids is 1. The van der Waals surface area contributed by atoms with Crippen LogP contribution in [-0.4, -0.2) is 32.0 Å². The lowest BCUT2D eigenvalue weighted by Gasteiger charge is -2.09. The minimum absolute atomic E-state index is 0.245. The van der Waals surface area contributed by atoms with E-state index in [2.05, 4.69) is 20.4 Å². The van der Waals surface area contributed by atoms with E-state index in [0.717, 1.165) is 11.1 Å². The minimum Gasteiger partial charge on any atom is -0.339 e. The highest BCUT2D eigenvalue weighted by Gasteiger charge is 2.15. The van der Waals surface area contributed by atoms with Gasteiger partial charge in [0.05, 0.1) is 6.20 Å². The number of aromatic nitrogens is 4. The van der Waals surface area contributed by atoms with Crippen LogP contribution in [0.1, 0.15) is 21.9 Å². The molecule has 27 heavy (non-hydrogen) atoms. The second-order valence-corrected chi connectivity index (χ2v) is 6.11. The Balaban J connectivity index is 1.62. The number of nitrogens with zero attached hydrogens (tertiary/aromatic N) is 4. The maximum atomic E-state index is 12.7. The number of amides is 1. The van der Waals surface area contributed by atoms with Crippen LogP contribution in [0.5, 0.6) is 0 Å². The average Bonchev–Trinajstić information content (AvgIpc) is 3.31. The predicted molar refractivity (Wildman–Crippen MR) is 100 cm³/mol. The summed E-state index contributed by atoms with van der Waals surface area (Å²) in [6, 6.07) is 11.2. The van der Waals surface area contributed by atoms with Crippen LogP contribution in [0, 0.1) is 6.92 Å². The number of aryl methyl sites for hydroxylation is 1. The Labute approximate surface area is 155 Å². The number of hydrogen-bond acceptors (Lipinski definition) is 6. The van der Waals surface area contributed by atoms with Crippen molar-refractivity contribution in [1.29, 1.82) is 0 Å². The van der Waals surface area contributed by atoms with Gasteiger partial charge in [-0.2, -0.15) is 4.98 Å². The number of benzene rings is 1. The van der Waals surface area contributed by atoms with E-state index in [9.17, 15) is 4.79 Å². The first-order valence-electron chi connectivity index (χ1n) is 8.53. The molecule has 4 rings (SSSR count). The molecule has 1 aromatic carbocycles. The molecule has 0 aliphatic heterocycles. The molecule has 8 heteroatoms. The van der Waals surface area contributed by atoms with Crippen molar-refractivity contribution in [2.75, 3.05) is 11.9 Å². The first kappa shape index (κ1) is 16.9. The highest BCUT2D eigenvalue weighted by Crippen LogP contribution is 2.24. The second kappa shape index (κ2) is 7.00. The molecule has 0 bridgehead atoms. The van der Waals surface area contributed by atoms with Gasteiger partial charge in [0.25, 0.3) is 5.91 Å². The van der Waals surface area contributed by atoms with Gasteiger partial charge >= 0.3 is 0 Å². The van der Waals surface area contributed by atoms with Gasteiger partial charge in [-0.25, -0.2) is 4.98 Å². The molecule has 0 spiro atoms. The standard InChI is InChI=1S/C19H18N6O2/c1-12-5-6-13(18-23-17(7-8-20)27-24-18)10-14(12)22-19(26)15-11-21-16-4-2-3-9-25(15)16/h2-6,9-11H,7-8,20H2,1H3,(H,22,26). The molecule has 0 atom stereocenters. The van der Waals surface area contributed by atoms with Crippen LogP contribution in [-0.2, 0) is 6.42 Å². The summed E-state index contributed by atoms with van der Waals surface area (Å²) >= 11 is 0. The molecule has 1 amide bonds. The van der Waals surface area contributed by atoms with Crippen LogP contribution < -0.4 is 11.1 Å². The Morgan fingerprint density at radius 2 is 2.19 bits per heavy atom. The number of fused-ring (bicyclic) bond motifs is 1. The highest BCUT2D eigenvalue weighted by molar-refractivity contribution is 6.04. The zero-order chi connectivity index (χ0) is 18.8. The molecule has 8 nitrogen and oxygen atoms in total. The van der Waals surface area contributed by atoms with E-state index < -0.39 is 0 Å². The maximum Gasteiger partial charge on any atom is 0.274 e. The number of hydrogen-bond donors (Lipinski definition) is 2. The Bertz CT molecular complexity index is 1110. The Morgan fingerprint density at radius 3 is 3.04 bits per heavy atom. The summed E-state index contributed by atoms with van der Waals surface area (Å²) in [4.78, 5) is 21.3. The normalized spacial score (nSPS) is 11.0. The van der Waals surface area contributed by atoms with Crippen LogP contribution in [0.15, 0.2) is 53.3 Å². The smallest absolute Gasteiger partial charge is 0.274 e. The molecule has 0 saturated carbocycles. The second-order valence-electron chi connectivity index (χ2n) is 6.11. The molecule has 0 aliphatic rings. The number of nitrogens with one attached hydrogen (secondary N) is 1. The van der Waals surface area contributed by atoms with Crippen LogP contribution in [0.2, 0.25) is 0 Å². The van der Waals surface area contributed by atoms with Gasteiger partial charge in [0, 0.05) is 30.4 Å². The largest absolute Gasteiger partial charge is 0.339 e. The third-order valence-electron chi connectivity index (χ3n) is 4.22. The lowest BCUT2D eigenvalue weighted by atomic mass is 10.1. The van der Waals surface area contributed by atoms with Gasteiger partial charge in [-0.15, -0.1) is 0 Å². The van der Waals surface area contributed by atoms with Crippen molar-refractivity contribution in [3.05, 3.63) is 65.9 Å².